The quantitative estimate of drug-likeness (QED) is 0.154. The number of H-pyrrole nitrogens is 1. The van der Waals surface area contributed by atoms with Crippen LogP contribution in [0.1, 0.15) is 12.1 Å². The first-order valence-electron chi connectivity index (χ1n) is 8.36. The summed E-state index contributed by atoms with van der Waals surface area (Å²) in [4.78, 5) is 65.0. The number of primary amides is 1. The molecule has 1 heterocycles. The summed E-state index contributed by atoms with van der Waals surface area (Å²) in [5.41, 5.74) is 11.0. The second-order valence-corrected chi connectivity index (χ2v) is 6.34. The molecule has 0 fully saturated rings. The van der Waals surface area contributed by atoms with Gasteiger partial charge >= 0.3 is 5.97 Å². The third-order valence-corrected chi connectivity index (χ3v) is 4.00. The minimum absolute atomic E-state index is 0.0626. The summed E-state index contributed by atoms with van der Waals surface area (Å²) in [6.45, 7) is -0.515. The highest BCUT2D eigenvalue weighted by Crippen LogP contribution is 2.01. The summed E-state index contributed by atoms with van der Waals surface area (Å²) in [6.07, 6.45) is 2.07. The Labute approximate surface area is 170 Å². The Morgan fingerprint density at radius 2 is 1.86 bits per heavy atom. The van der Waals surface area contributed by atoms with Crippen molar-refractivity contribution in [1.29, 1.82) is 0 Å². The van der Waals surface area contributed by atoms with Gasteiger partial charge in [-0.3, -0.25) is 19.2 Å². The zero-order valence-corrected chi connectivity index (χ0v) is 16.1. The average molecular weight is 429 g/mol. The number of amides is 4. The summed E-state index contributed by atoms with van der Waals surface area (Å²) < 4.78 is 0. The van der Waals surface area contributed by atoms with Crippen LogP contribution >= 0.6 is 12.6 Å². The molecule has 1 aromatic rings. The highest BCUT2D eigenvalue weighted by molar-refractivity contribution is 7.80. The molecule has 29 heavy (non-hydrogen) atoms. The molecule has 0 aliphatic rings. The van der Waals surface area contributed by atoms with Crippen molar-refractivity contribution in [1.82, 2.24) is 25.9 Å². The van der Waals surface area contributed by atoms with Crippen LogP contribution in [0.25, 0.3) is 0 Å². The van der Waals surface area contributed by atoms with Crippen LogP contribution in [0.15, 0.2) is 12.5 Å². The number of nitrogens with two attached hydrogens (primary N) is 2. The molecule has 0 saturated carbocycles. The van der Waals surface area contributed by atoms with Gasteiger partial charge in [-0.2, -0.15) is 12.6 Å². The zero-order chi connectivity index (χ0) is 22.0. The molecule has 0 aliphatic carbocycles. The van der Waals surface area contributed by atoms with Gasteiger partial charge in [-0.1, -0.05) is 0 Å². The van der Waals surface area contributed by atoms with Gasteiger partial charge in [0.25, 0.3) is 0 Å². The summed E-state index contributed by atoms with van der Waals surface area (Å²) in [5, 5.41) is 16.0. The normalized spacial score (nSPS) is 13.6. The number of carboxylic acids is 1. The van der Waals surface area contributed by atoms with E-state index in [9.17, 15) is 29.1 Å². The Hall–Kier alpha value is -3.13. The van der Waals surface area contributed by atoms with Gasteiger partial charge in [-0.05, 0) is 0 Å². The molecule has 13 nitrogen and oxygen atoms in total. The molecule has 160 valence electrons. The number of rotatable bonds is 12. The van der Waals surface area contributed by atoms with E-state index in [1.165, 1.54) is 12.5 Å². The molecule has 4 amide bonds. The first-order chi connectivity index (χ1) is 13.6. The summed E-state index contributed by atoms with van der Waals surface area (Å²) in [7, 11) is 0. The number of carbonyl (C=O) groups is 5. The van der Waals surface area contributed by atoms with Crippen molar-refractivity contribution >= 4 is 42.2 Å². The summed E-state index contributed by atoms with van der Waals surface area (Å²) >= 11 is 3.85. The lowest BCUT2D eigenvalue weighted by Crippen LogP contribution is -2.55. The number of hydrogen-bond acceptors (Lipinski definition) is 8. The van der Waals surface area contributed by atoms with E-state index in [1.807, 2.05) is 0 Å². The van der Waals surface area contributed by atoms with E-state index in [4.69, 9.17) is 11.5 Å². The van der Waals surface area contributed by atoms with E-state index in [0.29, 0.717) is 5.69 Å². The van der Waals surface area contributed by atoms with Gasteiger partial charge in [0.15, 0.2) is 0 Å². The minimum atomic E-state index is -1.43. The molecular weight excluding hydrogens is 406 g/mol. The molecule has 1 rings (SSSR count). The molecule has 0 radical (unpaired) electrons. The van der Waals surface area contributed by atoms with Gasteiger partial charge in [-0.15, -0.1) is 0 Å². The lowest BCUT2D eigenvalue weighted by molar-refractivity contribution is -0.142. The molecule has 0 bridgehead atoms. The Morgan fingerprint density at radius 3 is 2.38 bits per heavy atom. The number of aromatic nitrogens is 2. The van der Waals surface area contributed by atoms with Crippen LogP contribution in [0.2, 0.25) is 0 Å². The van der Waals surface area contributed by atoms with Crippen molar-refractivity contribution in [3.8, 4) is 0 Å². The average Bonchev–Trinajstić information content (AvgIpc) is 3.16. The zero-order valence-electron chi connectivity index (χ0n) is 15.3. The lowest BCUT2D eigenvalue weighted by atomic mass is 10.1. The maximum absolute atomic E-state index is 12.4. The third-order valence-electron chi connectivity index (χ3n) is 3.61. The van der Waals surface area contributed by atoms with Gasteiger partial charge < -0.3 is 37.5 Å². The lowest BCUT2D eigenvalue weighted by Gasteiger charge is -2.20. The number of thiol groups is 1. The number of nitrogens with one attached hydrogen (secondary N) is 4. The predicted molar refractivity (Wildman–Crippen MR) is 102 cm³/mol. The van der Waals surface area contributed by atoms with Crippen LogP contribution in [0.4, 0.5) is 0 Å². The SMILES string of the molecule is NC(=O)CC(NC(=O)CNC(=O)C(N)CS)C(=O)NC(Cc1cnc[nH]1)C(=O)O. The highest BCUT2D eigenvalue weighted by Gasteiger charge is 2.28. The van der Waals surface area contributed by atoms with Crippen LogP contribution in [0.5, 0.6) is 0 Å². The molecule has 3 atom stereocenters. The van der Waals surface area contributed by atoms with Crippen molar-refractivity contribution in [3.05, 3.63) is 18.2 Å². The van der Waals surface area contributed by atoms with E-state index in [0.717, 1.165) is 0 Å². The fourth-order valence-electron chi connectivity index (χ4n) is 2.13. The Bertz CT molecular complexity index is 742. The molecule has 0 aliphatic heterocycles. The summed E-state index contributed by atoms with van der Waals surface area (Å²) in [6, 6.07) is -3.70. The van der Waals surface area contributed by atoms with E-state index in [-0.39, 0.29) is 12.2 Å². The molecule has 0 saturated heterocycles. The molecular formula is C15H23N7O6S. The predicted octanol–water partition coefficient (Wildman–Crippen LogP) is -3.74. The highest BCUT2D eigenvalue weighted by atomic mass is 32.1. The number of hydrogen-bond donors (Lipinski definition) is 8. The second kappa shape index (κ2) is 11.7. The van der Waals surface area contributed by atoms with Gasteiger partial charge in [0.1, 0.15) is 12.1 Å². The Balaban J connectivity index is 2.72. The summed E-state index contributed by atoms with van der Waals surface area (Å²) in [5.74, 6) is -4.52. The molecule has 1 aromatic heterocycles. The fraction of sp³-hybridized carbons (Fsp3) is 0.467. The molecule has 0 aromatic carbocycles. The van der Waals surface area contributed by atoms with Gasteiger partial charge in [0.2, 0.25) is 23.6 Å². The fourth-order valence-corrected chi connectivity index (χ4v) is 2.29. The number of nitrogens with zero attached hydrogens (tertiary/aromatic N) is 1. The maximum Gasteiger partial charge on any atom is 0.326 e. The van der Waals surface area contributed by atoms with Crippen LogP contribution < -0.4 is 27.4 Å². The maximum atomic E-state index is 12.4. The second-order valence-electron chi connectivity index (χ2n) is 5.98. The standard InChI is InChI=1S/C15H23N7O6S/c16-8(5-29)13(25)19-4-12(24)21-9(2-11(17)23)14(26)22-10(15(27)28)1-7-3-18-6-20-7/h3,6,8-10,29H,1-2,4-5,16H2,(H2,17,23)(H,18,20)(H,19,25)(H,21,24)(H,22,26)(H,27,28). The van der Waals surface area contributed by atoms with E-state index < -0.39 is 60.7 Å². The van der Waals surface area contributed by atoms with Crippen LogP contribution in [0, 0.1) is 0 Å². The molecule has 3 unspecified atom stereocenters. The molecule has 14 heteroatoms. The number of aromatic amines is 1. The van der Waals surface area contributed by atoms with Crippen molar-refractivity contribution in [2.45, 2.75) is 31.0 Å². The Kier molecular flexibility index (Phi) is 9.61. The molecule has 0 spiro atoms. The number of imidazole rings is 1. The van der Waals surface area contributed by atoms with Gasteiger partial charge in [0, 0.05) is 24.1 Å². The van der Waals surface area contributed by atoms with E-state index in [1.54, 1.807) is 0 Å². The Morgan fingerprint density at radius 1 is 1.17 bits per heavy atom. The van der Waals surface area contributed by atoms with Crippen LogP contribution in [-0.4, -0.2) is 75.1 Å². The van der Waals surface area contributed by atoms with E-state index in [2.05, 4.69) is 38.5 Å². The first-order valence-corrected chi connectivity index (χ1v) is 8.99. The van der Waals surface area contributed by atoms with Crippen molar-refractivity contribution in [2.24, 2.45) is 11.5 Å². The number of carbonyl (C=O) groups excluding carboxylic acids is 4. The van der Waals surface area contributed by atoms with Gasteiger partial charge in [0.05, 0.1) is 25.3 Å². The van der Waals surface area contributed by atoms with Crippen molar-refractivity contribution in [2.75, 3.05) is 12.3 Å². The van der Waals surface area contributed by atoms with Crippen molar-refractivity contribution < 1.29 is 29.1 Å². The monoisotopic (exact) mass is 429 g/mol. The number of carboxylic acid groups (broad SMARTS) is 1. The number of aliphatic carboxylic acids is 1. The topological polar surface area (TPSA) is 222 Å². The van der Waals surface area contributed by atoms with Crippen LogP contribution in [-0.2, 0) is 30.4 Å². The minimum Gasteiger partial charge on any atom is -0.480 e. The van der Waals surface area contributed by atoms with E-state index >= 15 is 0 Å². The third kappa shape index (κ3) is 8.61. The van der Waals surface area contributed by atoms with Crippen molar-refractivity contribution in [3.63, 3.8) is 0 Å². The first kappa shape index (κ1) is 23.9. The van der Waals surface area contributed by atoms with Crippen LogP contribution in [0.3, 0.4) is 0 Å². The largest absolute Gasteiger partial charge is 0.480 e. The van der Waals surface area contributed by atoms with Gasteiger partial charge in [-0.25, -0.2) is 9.78 Å². The smallest absolute Gasteiger partial charge is 0.326 e. The molecule has 9 N–H and O–H groups in total.